The average molecular weight is 370 g/mol. The van der Waals surface area contributed by atoms with Gasteiger partial charge in [-0.15, -0.1) is 0 Å². The molecule has 26 heavy (non-hydrogen) atoms. The lowest BCUT2D eigenvalue weighted by molar-refractivity contribution is 0.0883. The number of carbonyl (C=O) groups excluding carboxylic acids is 1. The Bertz CT molecular complexity index is 865. The number of thioether (sulfide) groups is 1. The van der Waals surface area contributed by atoms with Crippen molar-refractivity contribution in [3.8, 4) is 0 Å². The van der Waals surface area contributed by atoms with E-state index in [4.69, 9.17) is 9.15 Å². The summed E-state index contributed by atoms with van der Waals surface area (Å²) in [6, 6.07) is 7.36. The van der Waals surface area contributed by atoms with Crippen LogP contribution >= 0.6 is 11.8 Å². The van der Waals surface area contributed by atoms with Gasteiger partial charge in [0.15, 0.2) is 5.17 Å². The molecule has 2 aromatic rings. The van der Waals surface area contributed by atoms with Gasteiger partial charge in [0.2, 0.25) is 0 Å². The number of ether oxygens (including phenoxy) is 1. The highest BCUT2D eigenvalue weighted by atomic mass is 32.2. The van der Waals surface area contributed by atoms with Gasteiger partial charge in [-0.25, -0.2) is 0 Å². The van der Waals surface area contributed by atoms with Crippen molar-refractivity contribution in [3.63, 3.8) is 0 Å². The van der Waals surface area contributed by atoms with Crippen LogP contribution in [0.15, 0.2) is 39.9 Å². The van der Waals surface area contributed by atoms with Crippen molar-refractivity contribution in [1.29, 1.82) is 0 Å². The summed E-state index contributed by atoms with van der Waals surface area (Å²) in [5.41, 5.74) is 1.40. The Balaban J connectivity index is 1.39. The molecular weight excluding hydrogens is 348 g/mol. The predicted octanol–water partition coefficient (Wildman–Crippen LogP) is 4.08. The highest BCUT2D eigenvalue weighted by Gasteiger charge is 2.47. The van der Waals surface area contributed by atoms with Crippen LogP contribution in [0.2, 0.25) is 0 Å². The van der Waals surface area contributed by atoms with E-state index < -0.39 is 0 Å². The standard InChI is InChI=1S/C20H22N2O3S/c23-18(15-4-5-17-14(11-15)6-10-25-17)21-19-22(12-16-3-1-9-24-16)13-20(26-19)7-2-8-20/h4-6,10-11,16H,1-3,7-9,12-13H2/t16-/m1/s1. The van der Waals surface area contributed by atoms with Crippen LogP contribution in [0.3, 0.4) is 0 Å². The van der Waals surface area contributed by atoms with Crippen molar-refractivity contribution < 1.29 is 13.9 Å². The molecule has 1 aliphatic carbocycles. The zero-order valence-corrected chi connectivity index (χ0v) is 15.5. The summed E-state index contributed by atoms with van der Waals surface area (Å²) in [4.78, 5) is 19.6. The van der Waals surface area contributed by atoms with Gasteiger partial charge in [-0.2, -0.15) is 4.99 Å². The first-order valence-corrected chi connectivity index (χ1v) is 10.2. The average Bonchev–Trinajstić information content (AvgIpc) is 3.34. The molecule has 1 aromatic heterocycles. The van der Waals surface area contributed by atoms with Gasteiger partial charge in [0.25, 0.3) is 5.91 Å². The molecule has 6 heteroatoms. The third-order valence-corrected chi connectivity index (χ3v) is 7.17. The van der Waals surface area contributed by atoms with E-state index in [0.717, 1.165) is 48.7 Å². The number of amides is 1. The van der Waals surface area contributed by atoms with Gasteiger partial charge in [-0.05, 0) is 49.9 Å². The van der Waals surface area contributed by atoms with Gasteiger partial charge in [-0.3, -0.25) is 4.79 Å². The Morgan fingerprint density at radius 3 is 3.00 bits per heavy atom. The summed E-state index contributed by atoms with van der Waals surface area (Å²) in [5, 5.41) is 1.80. The molecule has 1 aromatic carbocycles. The SMILES string of the molecule is O=C(N=C1SC2(CCC2)CN1C[C@H]1CCCO1)c1ccc2occc2c1. The summed E-state index contributed by atoms with van der Waals surface area (Å²) < 4.78 is 11.4. The van der Waals surface area contributed by atoms with Crippen molar-refractivity contribution in [2.75, 3.05) is 19.7 Å². The molecule has 3 aliphatic rings. The predicted molar refractivity (Wildman–Crippen MR) is 103 cm³/mol. The lowest BCUT2D eigenvalue weighted by Gasteiger charge is -2.36. The molecule has 2 saturated heterocycles. The lowest BCUT2D eigenvalue weighted by atomic mass is 9.84. The summed E-state index contributed by atoms with van der Waals surface area (Å²) >= 11 is 1.80. The van der Waals surface area contributed by atoms with Crippen molar-refractivity contribution in [2.45, 2.75) is 43.0 Å². The van der Waals surface area contributed by atoms with Gasteiger partial charge in [-0.1, -0.05) is 18.2 Å². The highest BCUT2D eigenvalue weighted by molar-refractivity contribution is 8.15. The number of rotatable bonds is 3. The van der Waals surface area contributed by atoms with E-state index in [9.17, 15) is 4.79 Å². The zero-order chi connectivity index (χ0) is 17.6. The third-order valence-electron chi connectivity index (χ3n) is 5.67. The fraction of sp³-hybridized carbons (Fsp3) is 0.500. The maximum absolute atomic E-state index is 12.8. The summed E-state index contributed by atoms with van der Waals surface area (Å²) in [7, 11) is 0. The first-order chi connectivity index (χ1) is 12.7. The van der Waals surface area contributed by atoms with E-state index >= 15 is 0 Å². The molecular formula is C20H22N2O3S. The van der Waals surface area contributed by atoms with E-state index in [2.05, 4.69) is 9.89 Å². The number of furan rings is 1. The molecule has 5 rings (SSSR count). The fourth-order valence-electron chi connectivity index (χ4n) is 4.06. The second-order valence-corrected chi connectivity index (χ2v) is 8.96. The minimum Gasteiger partial charge on any atom is -0.464 e. The maximum atomic E-state index is 12.8. The van der Waals surface area contributed by atoms with Gasteiger partial charge in [0.05, 0.1) is 12.4 Å². The summed E-state index contributed by atoms with van der Waals surface area (Å²) in [5.74, 6) is -0.177. The van der Waals surface area contributed by atoms with Crippen LogP contribution in [0.4, 0.5) is 0 Å². The Morgan fingerprint density at radius 1 is 1.31 bits per heavy atom. The third kappa shape index (κ3) is 2.95. The molecule has 0 radical (unpaired) electrons. The van der Waals surface area contributed by atoms with Gasteiger partial charge in [0, 0.05) is 35.4 Å². The molecule has 1 saturated carbocycles. The summed E-state index contributed by atoms with van der Waals surface area (Å²) in [6.07, 6.45) is 7.86. The minimum atomic E-state index is -0.177. The first-order valence-electron chi connectivity index (χ1n) is 9.37. The largest absolute Gasteiger partial charge is 0.464 e. The smallest absolute Gasteiger partial charge is 0.279 e. The molecule has 1 spiro atoms. The Morgan fingerprint density at radius 2 is 2.23 bits per heavy atom. The number of carbonyl (C=O) groups is 1. The lowest BCUT2D eigenvalue weighted by Crippen LogP contribution is -2.40. The second kappa shape index (κ2) is 6.43. The van der Waals surface area contributed by atoms with Gasteiger partial charge >= 0.3 is 0 Å². The molecule has 1 amide bonds. The fourth-order valence-corrected chi connectivity index (χ4v) is 5.56. The molecule has 0 bridgehead atoms. The number of hydrogen-bond donors (Lipinski definition) is 0. The van der Waals surface area contributed by atoms with Gasteiger partial charge in [0.1, 0.15) is 5.58 Å². The van der Waals surface area contributed by atoms with Crippen LogP contribution in [0.5, 0.6) is 0 Å². The van der Waals surface area contributed by atoms with E-state index in [1.54, 1.807) is 24.1 Å². The molecule has 3 fully saturated rings. The van der Waals surface area contributed by atoms with Crippen LogP contribution in [0, 0.1) is 0 Å². The van der Waals surface area contributed by atoms with Crippen LogP contribution in [-0.2, 0) is 4.74 Å². The van der Waals surface area contributed by atoms with E-state index in [-0.39, 0.29) is 16.8 Å². The molecule has 0 N–H and O–H groups in total. The maximum Gasteiger partial charge on any atom is 0.279 e. The van der Waals surface area contributed by atoms with Crippen LogP contribution in [0.1, 0.15) is 42.5 Å². The van der Waals surface area contributed by atoms with Crippen LogP contribution < -0.4 is 0 Å². The molecule has 2 aliphatic heterocycles. The topological polar surface area (TPSA) is 55.0 Å². The highest BCUT2D eigenvalue weighted by Crippen LogP contribution is 2.50. The van der Waals surface area contributed by atoms with Gasteiger partial charge < -0.3 is 14.1 Å². The van der Waals surface area contributed by atoms with Crippen molar-refractivity contribution >= 4 is 33.8 Å². The van der Waals surface area contributed by atoms with Crippen molar-refractivity contribution in [1.82, 2.24) is 4.90 Å². The number of hydrogen-bond acceptors (Lipinski definition) is 4. The molecule has 0 unspecified atom stereocenters. The van der Waals surface area contributed by atoms with E-state index in [1.165, 1.54) is 19.3 Å². The summed E-state index contributed by atoms with van der Waals surface area (Å²) in [6.45, 7) is 2.69. The second-order valence-electron chi connectivity index (χ2n) is 7.53. The number of aliphatic imine (C=N–C) groups is 1. The zero-order valence-electron chi connectivity index (χ0n) is 14.6. The molecule has 1 atom stereocenters. The Hall–Kier alpha value is -1.79. The Labute approximate surface area is 156 Å². The Kier molecular flexibility index (Phi) is 4.05. The van der Waals surface area contributed by atoms with Crippen LogP contribution in [-0.4, -0.2) is 46.5 Å². The quantitative estimate of drug-likeness (QED) is 0.815. The van der Waals surface area contributed by atoms with Crippen LogP contribution in [0.25, 0.3) is 11.0 Å². The molecule has 5 nitrogen and oxygen atoms in total. The number of benzene rings is 1. The van der Waals surface area contributed by atoms with E-state index in [0.29, 0.717) is 5.56 Å². The molecule has 136 valence electrons. The number of fused-ring (bicyclic) bond motifs is 1. The number of nitrogens with zero attached hydrogens (tertiary/aromatic N) is 2. The normalized spacial score (nSPS) is 26.1. The monoisotopic (exact) mass is 370 g/mol. The minimum absolute atomic E-state index is 0.177. The molecule has 3 heterocycles. The van der Waals surface area contributed by atoms with Crippen molar-refractivity contribution in [3.05, 3.63) is 36.1 Å². The first kappa shape index (κ1) is 16.4. The van der Waals surface area contributed by atoms with Crippen molar-refractivity contribution in [2.24, 2.45) is 4.99 Å². The van der Waals surface area contributed by atoms with E-state index in [1.807, 2.05) is 18.2 Å². The number of amidine groups is 1.